The molecule has 130 valence electrons. The SMILES string of the molecule is CCn1cc(Cl)c(C(=O)N2CC[C@@H](c3nc4ccncc4n3C)C2)n1. The molecule has 1 saturated heterocycles. The first-order valence-electron chi connectivity index (χ1n) is 8.37. The van der Waals surface area contributed by atoms with Gasteiger partial charge >= 0.3 is 0 Å². The van der Waals surface area contributed by atoms with Gasteiger partial charge in [0.05, 0.1) is 22.3 Å². The number of pyridine rings is 1. The summed E-state index contributed by atoms with van der Waals surface area (Å²) in [5.74, 6) is 1.08. The van der Waals surface area contributed by atoms with Gasteiger partial charge in [0.25, 0.3) is 5.91 Å². The predicted octanol–water partition coefficient (Wildman–Crippen LogP) is 2.47. The number of aryl methyl sites for hydroxylation is 2. The number of nitrogens with zero attached hydrogens (tertiary/aromatic N) is 6. The van der Waals surface area contributed by atoms with Gasteiger partial charge in [-0.2, -0.15) is 5.10 Å². The van der Waals surface area contributed by atoms with Gasteiger partial charge in [-0.05, 0) is 19.4 Å². The Morgan fingerprint density at radius 3 is 3.00 bits per heavy atom. The van der Waals surface area contributed by atoms with E-state index in [1.165, 1.54) is 0 Å². The Hall–Kier alpha value is -2.41. The molecule has 1 aliphatic heterocycles. The molecule has 8 heteroatoms. The van der Waals surface area contributed by atoms with E-state index in [1.54, 1.807) is 17.1 Å². The predicted molar refractivity (Wildman–Crippen MR) is 94.7 cm³/mol. The fourth-order valence-electron chi connectivity index (χ4n) is 3.43. The van der Waals surface area contributed by atoms with Gasteiger partial charge in [-0.1, -0.05) is 11.6 Å². The first-order valence-corrected chi connectivity index (χ1v) is 8.74. The topological polar surface area (TPSA) is 68.8 Å². The zero-order chi connectivity index (χ0) is 17.6. The molecular weight excluding hydrogens is 340 g/mol. The van der Waals surface area contributed by atoms with Crippen LogP contribution in [0.3, 0.4) is 0 Å². The molecule has 1 fully saturated rings. The number of fused-ring (bicyclic) bond motifs is 1. The van der Waals surface area contributed by atoms with Crippen molar-refractivity contribution in [1.29, 1.82) is 0 Å². The van der Waals surface area contributed by atoms with E-state index in [0.717, 1.165) is 23.3 Å². The standard InChI is InChI=1S/C17H19ClN6O/c1-3-24-10-12(18)15(21-24)17(25)23-7-5-11(9-23)16-20-13-4-6-19-8-14(13)22(16)2/h4,6,8,10-11H,3,5,7,9H2,1-2H3/t11-/m1/s1. The van der Waals surface area contributed by atoms with E-state index >= 15 is 0 Å². The van der Waals surface area contributed by atoms with Crippen molar-refractivity contribution in [3.8, 4) is 0 Å². The molecule has 3 aromatic heterocycles. The van der Waals surface area contributed by atoms with E-state index in [9.17, 15) is 4.79 Å². The molecule has 1 atom stereocenters. The summed E-state index contributed by atoms with van der Waals surface area (Å²) in [7, 11) is 2.00. The first-order chi connectivity index (χ1) is 12.1. The highest BCUT2D eigenvalue weighted by Crippen LogP contribution is 2.30. The Labute approximate surface area is 150 Å². The number of hydrogen-bond acceptors (Lipinski definition) is 4. The number of halogens is 1. The summed E-state index contributed by atoms with van der Waals surface area (Å²) in [4.78, 5) is 23.5. The van der Waals surface area contributed by atoms with Crippen molar-refractivity contribution in [1.82, 2.24) is 29.2 Å². The highest BCUT2D eigenvalue weighted by molar-refractivity contribution is 6.33. The molecule has 0 N–H and O–H groups in total. The van der Waals surface area contributed by atoms with Crippen LogP contribution in [0.2, 0.25) is 5.02 Å². The Bertz CT molecular complexity index is 946. The lowest BCUT2D eigenvalue weighted by Gasteiger charge is -2.15. The second-order valence-electron chi connectivity index (χ2n) is 6.31. The minimum absolute atomic E-state index is 0.111. The van der Waals surface area contributed by atoms with Crippen LogP contribution < -0.4 is 0 Å². The molecule has 0 radical (unpaired) electrons. The maximum atomic E-state index is 12.8. The Balaban J connectivity index is 1.57. The quantitative estimate of drug-likeness (QED) is 0.721. The largest absolute Gasteiger partial charge is 0.336 e. The van der Waals surface area contributed by atoms with Gasteiger partial charge in [0.2, 0.25) is 0 Å². The van der Waals surface area contributed by atoms with Crippen LogP contribution in [-0.4, -0.2) is 48.2 Å². The van der Waals surface area contributed by atoms with E-state index in [4.69, 9.17) is 16.6 Å². The molecule has 3 aromatic rings. The van der Waals surface area contributed by atoms with Crippen molar-refractivity contribution in [3.63, 3.8) is 0 Å². The summed E-state index contributed by atoms with van der Waals surface area (Å²) < 4.78 is 3.75. The summed E-state index contributed by atoms with van der Waals surface area (Å²) in [6, 6.07) is 1.91. The molecule has 0 aromatic carbocycles. The fourth-order valence-corrected chi connectivity index (χ4v) is 3.66. The Morgan fingerprint density at radius 1 is 1.44 bits per heavy atom. The van der Waals surface area contributed by atoms with Crippen molar-refractivity contribution < 1.29 is 4.79 Å². The monoisotopic (exact) mass is 358 g/mol. The van der Waals surface area contributed by atoms with Crippen LogP contribution in [0.5, 0.6) is 0 Å². The third kappa shape index (κ3) is 2.68. The van der Waals surface area contributed by atoms with E-state index in [-0.39, 0.29) is 11.8 Å². The maximum absolute atomic E-state index is 12.8. The van der Waals surface area contributed by atoms with Gasteiger partial charge in [0.1, 0.15) is 5.82 Å². The van der Waals surface area contributed by atoms with Crippen molar-refractivity contribution in [2.45, 2.75) is 25.8 Å². The molecule has 4 heterocycles. The minimum Gasteiger partial charge on any atom is -0.336 e. The lowest BCUT2D eigenvalue weighted by atomic mass is 10.1. The van der Waals surface area contributed by atoms with Crippen LogP contribution >= 0.6 is 11.6 Å². The number of imidazole rings is 1. The number of amides is 1. The Morgan fingerprint density at radius 2 is 2.28 bits per heavy atom. The molecule has 1 amide bonds. The summed E-state index contributed by atoms with van der Waals surface area (Å²) in [5, 5.41) is 4.69. The smallest absolute Gasteiger partial charge is 0.275 e. The molecule has 0 saturated carbocycles. The zero-order valence-electron chi connectivity index (χ0n) is 14.2. The van der Waals surface area contributed by atoms with Crippen LogP contribution in [0.1, 0.15) is 35.6 Å². The highest BCUT2D eigenvalue weighted by Gasteiger charge is 2.32. The highest BCUT2D eigenvalue weighted by atomic mass is 35.5. The van der Waals surface area contributed by atoms with Crippen LogP contribution in [-0.2, 0) is 13.6 Å². The molecule has 4 rings (SSSR count). The number of hydrogen-bond donors (Lipinski definition) is 0. The van der Waals surface area contributed by atoms with Gasteiger partial charge in [0.15, 0.2) is 5.69 Å². The molecule has 0 spiro atoms. The fraction of sp³-hybridized carbons (Fsp3) is 0.412. The summed E-state index contributed by atoms with van der Waals surface area (Å²) in [6.07, 6.45) is 6.14. The first kappa shape index (κ1) is 16.1. The number of aromatic nitrogens is 5. The van der Waals surface area contributed by atoms with E-state index in [0.29, 0.717) is 30.4 Å². The minimum atomic E-state index is -0.111. The Kier molecular flexibility index (Phi) is 3.95. The van der Waals surface area contributed by atoms with Crippen molar-refractivity contribution >= 4 is 28.5 Å². The molecule has 1 aliphatic rings. The van der Waals surface area contributed by atoms with E-state index in [2.05, 4.69) is 14.6 Å². The van der Waals surface area contributed by atoms with Gasteiger partial charge in [-0.15, -0.1) is 0 Å². The van der Waals surface area contributed by atoms with Crippen LogP contribution in [0.15, 0.2) is 24.7 Å². The molecular formula is C17H19ClN6O. The van der Waals surface area contributed by atoms with Crippen LogP contribution in [0.25, 0.3) is 11.0 Å². The van der Waals surface area contributed by atoms with Gasteiger partial charge in [-0.3, -0.25) is 14.5 Å². The summed E-state index contributed by atoms with van der Waals surface area (Å²) in [6.45, 7) is 3.95. The average Bonchev–Trinajstić information content (AvgIpc) is 3.32. The van der Waals surface area contributed by atoms with E-state index < -0.39 is 0 Å². The normalized spacial score (nSPS) is 17.6. The third-order valence-electron chi connectivity index (χ3n) is 4.80. The lowest BCUT2D eigenvalue weighted by Crippen LogP contribution is -2.29. The molecule has 0 aliphatic carbocycles. The number of likely N-dealkylation sites (tertiary alicyclic amines) is 1. The molecule has 0 unspecified atom stereocenters. The van der Waals surface area contributed by atoms with Crippen molar-refractivity contribution in [2.24, 2.45) is 7.05 Å². The number of rotatable bonds is 3. The second kappa shape index (κ2) is 6.15. The number of carbonyl (C=O) groups is 1. The maximum Gasteiger partial charge on any atom is 0.275 e. The second-order valence-corrected chi connectivity index (χ2v) is 6.72. The third-order valence-corrected chi connectivity index (χ3v) is 5.08. The van der Waals surface area contributed by atoms with Gasteiger partial charge < -0.3 is 9.47 Å². The lowest BCUT2D eigenvalue weighted by molar-refractivity contribution is 0.0784. The van der Waals surface area contributed by atoms with E-state index in [1.807, 2.05) is 31.1 Å². The zero-order valence-corrected chi connectivity index (χ0v) is 14.9. The molecule has 0 bridgehead atoms. The van der Waals surface area contributed by atoms with Gasteiger partial charge in [0, 0.05) is 45.0 Å². The average molecular weight is 359 g/mol. The van der Waals surface area contributed by atoms with Crippen LogP contribution in [0.4, 0.5) is 0 Å². The molecule has 7 nitrogen and oxygen atoms in total. The van der Waals surface area contributed by atoms with Crippen molar-refractivity contribution in [3.05, 3.63) is 41.2 Å². The van der Waals surface area contributed by atoms with Crippen LogP contribution in [0, 0.1) is 0 Å². The molecule has 25 heavy (non-hydrogen) atoms. The van der Waals surface area contributed by atoms with Crippen molar-refractivity contribution in [2.75, 3.05) is 13.1 Å². The van der Waals surface area contributed by atoms with Gasteiger partial charge in [-0.25, -0.2) is 4.98 Å². The summed E-state index contributed by atoms with van der Waals surface area (Å²) >= 11 is 6.17. The number of carbonyl (C=O) groups excluding carboxylic acids is 1. The summed E-state index contributed by atoms with van der Waals surface area (Å²) in [5.41, 5.74) is 2.27.